The standard InChI is InChI=1S/C8H15N.C6H5F/c1-7-5-3-4-6-8(7)9-2;7-6-4-2-1-3-5-6/h8-9H,1,3-6H2,2H3;1-5H. The van der Waals surface area contributed by atoms with Crippen molar-refractivity contribution in [1.29, 1.82) is 0 Å². The van der Waals surface area contributed by atoms with Crippen molar-refractivity contribution >= 4 is 0 Å². The van der Waals surface area contributed by atoms with E-state index >= 15 is 0 Å². The largest absolute Gasteiger partial charge is 0.313 e. The average Bonchev–Trinajstić information content (AvgIpc) is 2.31. The Morgan fingerprint density at radius 3 is 2.31 bits per heavy atom. The Morgan fingerprint density at radius 1 is 1.25 bits per heavy atom. The van der Waals surface area contributed by atoms with Gasteiger partial charge in [-0.25, -0.2) is 4.39 Å². The van der Waals surface area contributed by atoms with Gasteiger partial charge in [-0.2, -0.15) is 0 Å². The molecule has 0 heterocycles. The molecule has 2 heteroatoms. The third-order valence-electron chi connectivity index (χ3n) is 2.82. The molecule has 0 amide bonds. The van der Waals surface area contributed by atoms with Gasteiger partial charge in [0.2, 0.25) is 0 Å². The maximum absolute atomic E-state index is 11.9. The fraction of sp³-hybridized carbons (Fsp3) is 0.429. The third kappa shape index (κ3) is 4.58. The zero-order valence-corrected chi connectivity index (χ0v) is 9.88. The minimum atomic E-state index is -0.178. The number of halogens is 1. The van der Waals surface area contributed by atoms with E-state index in [1.807, 2.05) is 7.05 Å². The number of hydrogen-bond acceptors (Lipinski definition) is 1. The van der Waals surface area contributed by atoms with Crippen LogP contribution in [0.15, 0.2) is 42.5 Å². The Labute approximate surface area is 97.4 Å². The maximum atomic E-state index is 11.9. The van der Waals surface area contributed by atoms with E-state index in [1.165, 1.54) is 43.4 Å². The summed E-state index contributed by atoms with van der Waals surface area (Å²) in [6.45, 7) is 4.00. The van der Waals surface area contributed by atoms with Gasteiger partial charge in [0.25, 0.3) is 0 Å². The lowest BCUT2D eigenvalue weighted by Gasteiger charge is -2.23. The molecule has 2 rings (SSSR count). The zero-order valence-electron chi connectivity index (χ0n) is 9.88. The molecule has 0 saturated heterocycles. The van der Waals surface area contributed by atoms with Crippen LogP contribution in [0.25, 0.3) is 0 Å². The lowest BCUT2D eigenvalue weighted by atomic mass is 9.91. The van der Waals surface area contributed by atoms with Crippen molar-refractivity contribution in [3.63, 3.8) is 0 Å². The van der Waals surface area contributed by atoms with Gasteiger partial charge >= 0.3 is 0 Å². The summed E-state index contributed by atoms with van der Waals surface area (Å²) >= 11 is 0. The maximum Gasteiger partial charge on any atom is 0.123 e. The summed E-state index contributed by atoms with van der Waals surface area (Å²) in [4.78, 5) is 0. The van der Waals surface area contributed by atoms with E-state index in [4.69, 9.17) is 0 Å². The molecule has 16 heavy (non-hydrogen) atoms. The molecule has 0 aliphatic heterocycles. The molecule has 0 bridgehead atoms. The van der Waals surface area contributed by atoms with E-state index in [0.29, 0.717) is 6.04 Å². The summed E-state index contributed by atoms with van der Waals surface area (Å²) in [6, 6.07) is 8.55. The van der Waals surface area contributed by atoms with Crippen LogP contribution in [-0.2, 0) is 0 Å². The lowest BCUT2D eigenvalue weighted by Crippen LogP contribution is -2.29. The molecule has 1 saturated carbocycles. The fourth-order valence-corrected chi connectivity index (χ4v) is 1.84. The smallest absolute Gasteiger partial charge is 0.123 e. The van der Waals surface area contributed by atoms with Crippen LogP contribution < -0.4 is 5.32 Å². The van der Waals surface area contributed by atoms with E-state index < -0.39 is 0 Å². The Hall–Kier alpha value is -1.15. The summed E-state index contributed by atoms with van der Waals surface area (Å²) in [5, 5.41) is 3.25. The Balaban J connectivity index is 0.000000165. The van der Waals surface area contributed by atoms with Gasteiger partial charge in [-0.1, -0.05) is 36.8 Å². The van der Waals surface area contributed by atoms with E-state index in [1.54, 1.807) is 18.2 Å². The van der Waals surface area contributed by atoms with Gasteiger partial charge in [0.15, 0.2) is 0 Å². The average molecular weight is 221 g/mol. The van der Waals surface area contributed by atoms with Crippen LogP contribution in [0.1, 0.15) is 25.7 Å². The molecule has 0 aromatic heterocycles. The molecule has 1 aromatic rings. The highest BCUT2D eigenvalue weighted by Crippen LogP contribution is 2.21. The second kappa shape index (κ2) is 7.18. The van der Waals surface area contributed by atoms with Crippen LogP contribution in [0.4, 0.5) is 4.39 Å². The molecule has 1 fully saturated rings. The summed E-state index contributed by atoms with van der Waals surface area (Å²) in [5.74, 6) is -0.178. The van der Waals surface area contributed by atoms with Crippen molar-refractivity contribution < 1.29 is 4.39 Å². The van der Waals surface area contributed by atoms with Gasteiger partial charge in [0.05, 0.1) is 0 Å². The van der Waals surface area contributed by atoms with E-state index in [2.05, 4.69) is 11.9 Å². The molecular weight excluding hydrogens is 201 g/mol. The number of likely N-dealkylation sites (N-methyl/N-ethyl adjacent to an activating group) is 1. The monoisotopic (exact) mass is 221 g/mol. The van der Waals surface area contributed by atoms with Gasteiger partial charge in [0, 0.05) is 6.04 Å². The predicted octanol–water partition coefficient (Wildman–Crippen LogP) is 3.53. The summed E-state index contributed by atoms with van der Waals surface area (Å²) in [6.07, 6.45) is 5.22. The molecule has 1 aromatic carbocycles. The second-order valence-electron chi connectivity index (χ2n) is 4.04. The van der Waals surface area contributed by atoms with Gasteiger partial charge in [-0.15, -0.1) is 0 Å². The van der Waals surface area contributed by atoms with Crippen molar-refractivity contribution in [1.82, 2.24) is 5.32 Å². The number of nitrogens with one attached hydrogen (secondary N) is 1. The molecule has 0 radical (unpaired) electrons. The first-order chi connectivity index (χ1) is 7.74. The number of hydrogen-bond donors (Lipinski definition) is 1. The first-order valence-electron chi connectivity index (χ1n) is 5.79. The van der Waals surface area contributed by atoms with Crippen molar-refractivity contribution in [3.05, 3.63) is 48.3 Å². The number of benzene rings is 1. The molecule has 1 aliphatic carbocycles. The first-order valence-corrected chi connectivity index (χ1v) is 5.79. The third-order valence-corrected chi connectivity index (χ3v) is 2.82. The van der Waals surface area contributed by atoms with Crippen LogP contribution in [0.5, 0.6) is 0 Å². The predicted molar refractivity (Wildman–Crippen MR) is 66.9 cm³/mol. The first kappa shape index (κ1) is 12.9. The van der Waals surface area contributed by atoms with Crippen molar-refractivity contribution in [3.8, 4) is 0 Å². The van der Waals surface area contributed by atoms with Gasteiger partial charge in [-0.3, -0.25) is 0 Å². The van der Waals surface area contributed by atoms with Crippen LogP contribution >= 0.6 is 0 Å². The van der Waals surface area contributed by atoms with E-state index in [9.17, 15) is 4.39 Å². The Morgan fingerprint density at radius 2 is 1.94 bits per heavy atom. The molecule has 1 nitrogen and oxygen atoms in total. The lowest BCUT2D eigenvalue weighted by molar-refractivity contribution is 0.484. The van der Waals surface area contributed by atoms with E-state index in [0.717, 1.165) is 0 Å². The quantitative estimate of drug-likeness (QED) is 0.715. The van der Waals surface area contributed by atoms with Crippen molar-refractivity contribution in [2.24, 2.45) is 0 Å². The van der Waals surface area contributed by atoms with Gasteiger partial charge in [0.1, 0.15) is 5.82 Å². The van der Waals surface area contributed by atoms with Crippen molar-refractivity contribution in [2.45, 2.75) is 31.7 Å². The van der Waals surface area contributed by atoms with Crippen LogP contribution in [0.3, 0.4) is 0 Å². The molecule has 1 unspecified atom stereocenters. The molecular formula is C14H20FN. The Kier molecular flexibility index (Phi) is 5.79. The van der Waals surface area contributed by atoms with Gasteiger partial charge in [-0.05, 0) is 38.4 Å². The zero-order chi connectivity index (χ0) is 11.8. The molecule has 1 N–H and O–H groups in total. The highest BCUT2D eigenvalue weighted by molar-refractivity contribution is 5.07. The highest BCUT2D eigenvalue weighted by atomic mass is 19.1. The van der Waals surface area contributed by atoms with Crippen LogP contribution in [0.2, 0.25) is 0 Å². The molecule has 0 spiro atoms. The summed E-state index contributed by atoms with van der Waals surface area (Å²) < 4.78 is 11.9. The normalized spacial score (nSPS) is 19.9. The fourth-order valence-electron chi connectivity index (χ4n) is 1.84. The van der Waals surface area contributed by atoms with E-state index in [-0.39, 0.29) is 5.82 Å². The molecule has 1 aliphatic rings. The Bertz CT molecular complexity index is 308. The summed E-state index contributed by atoms with van der Waals surface area (Å²) in [5.41, 5.74) is 1.39. The van der Waals surface area contributed by atoms with Crippen molar-refractivity contribution in [2.75, 3.05) is 7.05 Å². The minimum absolute atomic E-state index is 0.178. The highest BCUT2D eigenvalue weighted by Gasteiger charge is 2.13. The van der Waals surface area contributed by atoms with Crippen LogP contribution in [-0.4, -0.2) is 13.1 Å². The minimum Gasteiger partial charge on any atom is -0.313 e. The second-order valence-corrected chi connectivity index (χ2v) is 4.04. The summed E-state index contributed by atoms with van der Waals surface area (Å²) in [7, 11) is 2.02. The number of rotatable bonds is 1. The molecule has 88 valence electrons. The topological polar surface area (TPSA) is 12.0 Å². The van der Waals surface area contributed by atoms with Gasteiger partial charge < -0.3 is 5.32 Å². The molecule has 1 atom stereocenters. The van der Waals surface area contributed by atoms with Crippen LogP contribution in [0, 0.1) is 5.82 Å². The SMILES string of the molecule is C=C1CCCCC1NC.Fc1ccccc1.